The Kier molecular flexibility index (Phi) is 5.12. The Labute approximate surface area is 171 Å². The van der Waals surface area contributed by atoms with Crippen LogP contribution in [-0.4, -0.2) is 29.0 Å². The maximum atomic E-state index is 6.11. The lowest BCUT2D eigenvalue weighted by Crippen LogP contribution is -2.08. The van der Waals surface area contributed by atoms with Crippen molar-refractivity contribution in [3.8, 4) is 22.4 Å². The van der Waals surface area contributed by atoms with Crippen LogP contribution < -0.4 is 10.6 Å². The molecule has 4 rings (SSSR count). The molecule has 0 aliphatic carbocycles. The Bertz CT molecular complexity index is 1130. The van der Waals surface area contributed by atoms with Gasteiger partial charge < -0.3 is 10.6 Å². The van der Waals surface area contributed by atoms with Crippen molar-refractivity contribution in [2.24, 2.45) is 0 Å². The zero-order chi connectivity index (χ0) is 20.4. The molecule has 0 saturated carbocycles. The van der Waals surface area contributed by atoms with E-state index in [-0.39, 0.29) is 0 Å². The quantitative estimate of drug-likeness (QED) is 0.527. The van der Waals surface area contributed by atoms with Crippen LogP contribution in [0.5, 0.6) is 0 Å². The van der Waals surface area contributed by atoms with Crippen LogP contribution in [0.1, 0.15) is 18.9 Å². The molecule has 2 heterocycles. The summed E-state index contributed by atoms with van der Waals surface area (Å²) in [6.45, 7) is 2.19. The highest BCUT2D eigenvalue weighted by Gasteiger charge is 2.14. The first-order valence-electron chi connectivity index (χ1n) is 9.85. The SMILES string of the molecule is CCCc1ccc(-c2cc3c(N)ncnc3nc2-c2ccc(N(C)C)cc2)cc1. The molecule has 0 aliphatic heterocycles. The summed E-state index contributed by atoms with van der Waals surface area (Å²) in [6, 6.07) is 19.2. The van der Waals surface area contributed by atoms with Crippen LogP contribution in [0, 0.1) is 0 Å². The topological polar surface area (TPSA) is 67.9 Å². The van der Waals surface area contributed by atoms with Gasteiger partial charge in [0, 0.05) is 30.9 Å². The summed E-state index contributed by atoms with van der Waals surface area (Å²) < 4.78 is 0. The van der Waals surface area contributed by atoms with Crippen molar-refractivity contribution in [2.45, 2.75) is 19.8 Å². The molecule has 0 spiro atoms. The van der Waals surface area contributed by atoms with Crippen LogP contribution in [0.3, 0.4) is 0 Å². The van der Waals surface area contributed by atoms with Crippen LogP contribution in [0.2, 0.25) is 0 Å². The molecule has 5 heteroatoms. The molecular formula is C24H25N5. The third-order valence-corrected chi connectivity index (χ3v) is 5.12. The first kappa shape index (κ1) is 18.9. The minimum Gasteiger partial charge on any atom is -0.383 e. The second kappa shape index (κ2) is 7.87. The average Bonchev–Trinajstić information content (AvgIpc) is 2.74. The Morgan fingerprint density at radius 1 is 0.897 bits per heavy atom. The van der Waals surface area contributed by atoms with Crippen molar-refractivity contribution >= 4 is 22.5 Å². The van der Waals surface area contributed by atoms with Crippen LogP contribution in [-0.2, 0) is 6.42 Å². The Morgan fingerprint density at radius 3 is 2.24 bits per heavy atom. The summed E-state index contributed by atoms with van der Waals surface area (Å²) in [7, 11) is 4.07. The van der Waals surface area contributed by atoms with Crippen LogP contribution in [0.25, 0.3) is 33.4 Å². The van der Waals surface area contributed by atoms with Gasteiger partial charge in [-0.3, -0.25) is 0 Å². The van der Waals surface area contributed by atoms with E-state index in [1.807, 2.05) is 14.1 Å². The molecule has 0 bridgehead atoms. The molecule has 0 radical (unpaired) electrons. The van der Waals surface area contributed by atoms with E-state index in [9.17, 15) is 0 Å². The van der Waals surface area contributed by atoms with E-state index in [0.29, 0.717) is 11.5 Å². The number of nitrogens with zero attached hydrogens (tertiary/aromatic N) is 4. The summed E-state index contributed by atoms with van der Waals surface area (Å²) in [4.78, 5) is 15.4. The number of rotatable bonds is 5. The lowest BCUT2D eigenvalue weighted by Gasteiger charge is -2.15. The number of hydrogen-bond donors (Lipinski definition) is 1. The molecule has 0 amide bonds. The van der Waals surface area contributed by atoms with Crippen molar-refractivity contribution in [1.29, 1.82) is 0 Å². The summed E-state index contributed by atoms with van der Waals surface area (Å²) in [6.07, 6.45) is 3.67. The molecule has 29 heavy (non-hydrogen) atoms. The molecule has 2 N–H and O–H groups in total. The maximum absolute atomic E-state index is 6.11. The van der Waals surface area contributed by atoms with Crippen molar-refractivity contribution < 1.29 is 0 Å². The minimum atomic E-state index is 0.445. The minimum absolute atomic E-state index is 0.445. The van der Waals surface area contributed by atoms with E-state index in [2.05, 4.69) is 76.4 Å². The van der Waals surface area contributed by atoms with Gasteiger partial charge in [0.15, 0.2) is 5.65 Å². The van der Waals surface area contributed by atoms with Crippen LogP contribution in [0.15, 0.2) is 60.9 Å². The fourth-order valence-corrected chi connectivity index (χ4v) is 3.50. The molecule has 146 valence electrons. The number of nitrogen functional groups attached to an aromatic ring is 1. The molecule has 0 aliphatic rings. The lowest BCUT2D eigenvalue weighted by atomic mass is 9.96. The molecule has 4 aromatic rings. The van der Waals surface area contributed by atoms with E-state index in [0.717, 1.165) is 46.3 Å². The highest BCUT2D eigenvalue weighted by molar-refractivity contribution is 5.94. The summed E-state index contributed by atoms with van der Waals surface area (Å²) >= 11 is 0. The first-order chi connectivity index (χ1) is 14.1. The first-order valence-corrected chi connectivity index (χ1v) is 9.85. The van der Waals surface area contributed by atoms with E-state index < -0.39 is 0 Å². The number of benzene rings is 2. The van der Waals surface area contributed by atoms with Gasteiger partial charge in [-0.1, -0.05) is 49.7 Å². The van der Waals surface area contributed by atoms with Gasteiger partial charge in [-0.05, 0) is 35.7 Å². The second-order valence-corrected chi connectivity index (χ2v) is 7.40. The zero-order valence-electron chi connectivity index (χ0n) is 17.1. The van der Waals surface area contributed by atoms with Gasteiger partial charge in [0.05, 0.1) is 11.1 Å². The fourth-order valence-electron chi connectivity index (χ4n) is 3.50. The predicted molar refractivity (Wildman–Crippen MR) is 121 cm³/mol. The van der Waals surface area contributed by atoms with Crippen molar-refractivity contribution in [1.82, 2.24) is 15.0 Å². The molecule has 0 fully saturated rings. The number of aryl methyl sites for hydroxylation is 1. The normalized spacial score (nSPS) is 11.0. The van der Waals surface area contributed by atoms with Gasteiger partial charge >= 0.3 is 0 Å². The van der Waals surface area contributed by atoms with E-state index in [1.54, 1.807) is 0 Å². The molecule has 0 saturated heterocycles. The van der Waals surface area contributed by atoms with E-state index in [1.165, 1.54) is 11.9 Å². The highest BCUT2D eigenvalue weighted by atomic mass is 15.1. The summed E-state index contributed by atoms with van der Waals surface area (Å²) in [5.41, 5.74) is 13.3. The zero-order valence-corrected chi connectivity index (χ0v) is 17.1. The summed E-state index contributed by atoms with van der Waals surface area (Å²) in [5, 5.41) is 0.772. The predicted octanol–water partition coefficient (Wildman–Crippen LogP) is 4.96. The monoisotopic (exact) mass is 383 g/mol. The fraction of sp³-hybridized carbons (Fsp3) is 0.208. The smallest absolute Gasteiger partial charge is 0.165 e. The van der Waals surface area contributed by atoms with E-state index >= 15 is 0 Å². The van der Waals surface area contributed by atoms with Gasteiger partial charge in [-0.15, -0.1) is 0 Å². The second-order valence-electron chi connectivity index (χ2n) is 7.40. The van der Waals surface area contributed by atoms with Crippen molar-refractivity contribution in [3.63, 3.8) is 0 Å². The third kappa shape index (κ3) is 3.76. The number of aromatic nitrogens is 3. The lowest BCUT2D eigenvalue weighted by molar-refractivity contribution is 0.922. The number of fused-ring (bicyclic) bond motifs is 1. The average molecular weight is 383 g/mol. The standard InChI is InChI=1S/C24H25N5/c1-4-5-16-6-8-17(9-7-16)20-14-21-23(25)26-15-27-24(21)28-22(20)18-10-12-19(13-11-18)29(2)3/h6-15H,4-5H2,1-3H3,(H2,25,26,27,28). The molecule has 0 unspecified atom stereocenters. The van der Waals surface area contributed by atoms with Crippen molar-refractivity contribution in [2.75, 3.05) is 24.7 Å². The van der Waals surface area contributed by atoms with Crippen LogP contribution >= 0.6 is 0 Å². The number of hydrogen-bond acceptors (Lipinski definition) is 5. The Balaban J connectivity index is 1.90. The largest absolute Gasteiger partial charge is 0.383 e. The number of nitrogens with two attached hydrogens (primary N) is 1. The molecule has 0 atom stereocenters. The molecule has 2 aromatic carbocycles. The third-order valence-electron chi connectivity index (χ3n) is 5.12. The molecular weight excluding hydrogens is 358 g/mol. The summed E-state index contributed by atoms with van der Waals surface area (Å²) in [5.74, 6) is 0.445. The molecule has 2 aromatic heterocycles. The van der Waals surface area contributed by atoms with Gasteiger partial charge in [0.2, 0.25) is 0 Å². The van der Waals surface area contributed by atoms with Crippen LogP contribution in [0.4, 0.5) is 11.5 Å². The Morgan fingerprint density at radius 2 is 1.59 bits per heavy atom. The van der Waals surface area contributed by atoms with Crippen molar-refractivity contribution in [3.05, 3.63) is 66.5 Å². The molecule has 5 nitrogen and oxygen atoms in total. The van der Waals surface area contributed by atoms with Gasteiger partial charge in [-0.25, -0.2) is 15.0 Å². The van der Waals surface area contributed by atoms with Gasteiger partial charge in [0.1, 0.15) is 12.1 Å². The van der Waals surface area contributed by atoms with E-state index in [4.69, 9.17) is 10.7 Å². The van der Waals surface area contributed by atoms with Gasteiger partial charge in [0.25, 0.3) is 0 Å². The number of anilines is 2. The number of pyridine rings is 1. The highest BCUT2D eigenvalue weighted by Crippen LogP contribution is 2.34. The maximum Gasteiger partial charge on any atom is 0.165 e. The van der Waals surface area contributed by atoms with Gasteiger partial charge in [-0.2, -0.15) is 0 Å². The Hall–Kier alpha value is -3.47.